The van der Waals surface area contributed by atoms with E-state index < -0.39 is 11.0 Å². The first-order chi connectivity index (χ1) is 15.8. The average molecular weight is 496 g/mol. The highest BCUT2D eigenvalue weighted by molar-refractivity contribution is 6.40. The molecule has 33 heavy (non-hydrogen) atoms. The van der Waals surface area contributed by atoms with Crippen molar-refractivity contribution < 1.29 is 13.9 Å². The molecule has 1 aliphatic heterocycles. The van der Waals surface area contributed by atoms with Gasteiger partial charge in [0, 0.05) is 42.4 Å². The average Bonchev–Trinajstić information content (AvgIpc) is 3.29. The van der Waals surface area contributed by atoms with Crippen LogP contribution >= 0.6 is 23.2 Å². The third-order valence-corrected chi connectivity index (χ3v) is 6.75. The van der Waals surface area contributed by atoms with Crippen molar-refractivity contribution in [2.24, 2.45) is 0 Å². The van der Waals surface area contributed by atoms with Gasteiger partial charge in [0.05, 0.1) is 6.54 Å². The summed E-state index contributed by atoms with van der Waals surface area (Å²) < 4.78 is 19.7. The van der Waals surface area contributed by atoms with E-state index in [4.69, 9.17) is 33.7 Å². The number of amides is 2. The van der Waals surface area contributed by atoms with Gasteiger partial charge >= 0.3 is 6.03 Å². The van der Waals surface area contributed by atoms with E-state index >= 15 is 0 Å². The van der Waals surface area contributed by atoms with Crippen molar-refractivity contribution in [3.63, 3.8) is 0 Å². The molecule has 178 valence electrons. The SMILES string of the molecule is CC(Oc1cc(C#CCNC(=O)NCCN2CCCC2)cnc1N)C1(Cl)CC(F)=CC=C1Cl. The fourth-order valence-electron chi connectivity index (χ4n) is 3.60. The number of carbonyl (C=O) groups excluding carboxylic acids is 1. The standard InChI is InChI=1S/C23H28Cl2FN5O2/c1-16(23(25)14-18(26)6-7-20(23)24)33-19-13-17(15-30-21(19)27)5-4-8-28-22(32)29-9-12-31-10-2-3-11-31/h6-7,13,15-16H,2-3,8-12,14H2,1H3,(H2,27,30)(H2,28,29,32). The van der Waals surface area contributed by atoms with E-state index in [-0.39, 0.29) is 41.4 Å². The molecule has 0 spiro atoms. The van der Waals surface area contributed by atoms with Gasteiger partial charge in [0.25, 0.3) is 0 Å². The summed E-state index contributed by atoms with van der Waals surface area (Å²) in [6.45, 7) is 5.50. The number of hydrogen-bond acceptors (Lipinski definition) is 5. The van der Waals surface area contributed by atoms with E-state index in [9.17, 15) is 9.18 Å². The summed E-state index contributed by atoms with van der Waals surface area (Å²) in [7, 11) is 0. The number of pyridine rings is 1. The van der Waals surface area contributed by atoms with E-state index in [1.54, 1.807) is 13.0 Å². The molecule has 2 aliphatic rings. The Labute approximate surface area is 203 Å². The minimum Gasteiger partial charge on any atom is -0.485 e. The lowest BCUT2D eigenvalue weighted by Crippen LogP contribution is -2.40. The molecule has 3 rings (SSSR count). The van der Waals surface area contributed by atoms with Crippen LogP contribution in [-0.4, -0.2) is 59.6 Å². The zero-order chi connectivity index (χ0) is 23.8. The number of nitrogens with one attached hydrogen (secondary N) is 2. The fraction of sp³-hybridized carbons (Fsp3) is 0.478. The summed E-state index contributed by atoms with van der Waals surface area (Å²) in [4.78, 5) is 17.0. The molecule has 4 N–H and O–H groups in total. The molecule has 1 aromatic rings. The molecule has 0 aromatic carbocycles. The number of ether oxygens (including phenoxy) is 1. The number of likely N-dealkylation sites (tertiary alicyclic amines) is 1. The Morgan fingerprint density at radius 3 is 2.91 bits per heavy atom. The molecule has 2 atom stereocenters. The molecular weight excluding hydrogens is 468 g/mol. The summed E-state index contributed by atoms with van der Waals surface area (Å²) in [5.74, 6) is 5.80. The zero-order valence-corrected chi connectivity index (χ0v) is 20.0. The maximum absolute atomic E-state index is 13.8. The summed E-state index contributed by atoms with van der Waals surface area (Å²) in [6, 6.07) is 1.36. The lowest BCUT2D eigenvalue weighted by Gasteiger charge is -2.34. The van der Waals surface area contributed by atoms with Crippen molar-refractivity contribution in [1.82, 2.24) is 20.5 Å². The van der Waals surface area contributed by atoms with Gasteiger partial charge in [-0.05, 0) is 45.0 Å². The smallest absolute Gasteiger partial charge is 0.315 e. The second-order valence-corrected chi connectivity index (χ2v) is 9.08. The Hall–Kier alpha value is -2.47. The molecular formula is C23H28Cl2FN5O2. The fourth-order valence-corrected chi connectivity index (χ4v) is 4.12. The van der Waals surface area contributed by atoms with Crippen LogP contribution in [0.4, 0.5) is 15.0 Å². The number of allylic oxidation sites excluding steroid dienone is 3. The molecule has 0 radical (unpaired) electrons. The van der Waals surface area contributed by atoms with Crippen LogP contribution in [0, 0.1) is 11.8 Å². The number of rotatable bonds is 7. The van der Waals surface area contributed by atoms with Crippen molar-refractivity contribution in [3.8, 4) is 17.6 Å². The van der Waals surface area contributed by atoms with Crippen LogP contribution in [0.25, 0.3) is 0 Å². The topological polar surface area (TPSA) is 92.5 Å². The number of nitrogens with two attached hydrogens (primary N) is 1. The highest BCUT2D eigenvalue weighted by atomic mass is 35.5. The van der Waals surface area contributed by atoms with Gasteiger partial charge in [-0.2, -0.15) is 0 Å². The molecule has 0 saturated carbocycles. The molecule has 10 heteroatoms. The molecule has 1 saturated heterocycles. The number of hydrogen-bond donors (Lipinski definition) is 3. The quantitative estimate of drug-likeness (QED) is 0.397. The maximum atomic E-state index is 13.8. The molecule has 2 amide bonds. The van der Waals surface area contributed by atoms with Gasteiger partial charge in [-0.1, -0.05) is 23.4 Å². The summed E-state index contributed by atoms with van der Waals surface area (Å²) in [6.07, 6.45) is 5.87. The molecule has 2 heterocycles. The number of carbonyl (C=O) groups is 1. The minimum absolute atomic E-state index is 0.0936. The first-order valence-electron chi connectivity index (χ1n) is 10.8. The van der Waals surface area contributed by atoms with Crippen LogP contribution in [0.15, 0.2) is 35.3 Å². The number of urea groups is 1. The highest BCUT2D eigenvalue weighted by Crippen LogP contribution is 2.42. The Morgan fingerprint density at radius 1 is 1.39 bits per heavy atom. The van der Waals surface area contributed by atoms with Crippen molar-refractivity contribution in [2.45, 2.75) is 37.2 Å². The molecule has 7 nitrogen and oxygen atoms in total. The van der Waals surface area contributed by atoms with E-state index in [0.717, 1.165) is 19.6 Å². The van der Waals surface area contributed by atoms with Gasteiger partial charge in [-0.3, -0.25) is 0 Å². The van der Waals surface area contributed by atoms with E-state index in [0.29, 0.717) is 12.1 Å². The molecule has 0 bridgehead atoms. The Bertz CT molecular complexity index is 985. The number of aromatic nitrogens is 1. The first kappa shape index (κ1) is 25.2. The third-order valence-electron chi connectivity index (χ3n) is 5.55. The van der Waals surface area contributed by atoms with Crippen LogP contribution in [0.3, 0.4) is 0 Å². The predicted octanol–water partition coefficient (Wildman–Crippen LogP) is 3.54. The van der Waals surface area contributed by atoms with Crippen LogP contribution in [-0.2, 0) is 0 Å². The van der Waals surface area contributed by atoms with Crippen LogP contribution in [0.1, 0.15) is 31.7 Å². The van der Waals surface area contributed by atoms with Gasteiger partial charge in [0.1, 0.15) is 16.8 Å². The molecule has 1 fully saturated rings. The number of nitrogen functional groups attached to an aromatic ring is 1. The van der Waals surface area contributed by atoms with Crippen molar-refractivity contribution in [3.05, 3.63) is 40.8 Å². The lowest BCUT2D eigenvalue weighted by atomic mass is 9.93. The largest absolute Gasteiger partial charge is 0.485 e. The van der Waals surface area contributed by atoms with Gasteiger partial charge < -0.3 is 26.0 Å². The first-order valence-corrected chi connectivity index (χ1v) is 11.6. The summed E-state index contributed by atoms with van der Waals surface area (Å²) in [5.41, 5.74) is 6.47. The van der Waals surface area contributed by atoms with E-state index in [1.807, 2.05) is 0 Å². The van der Waals surface area contributed by atoms with Crippen molar-refractivity contribution in [1.29, 1.82) is 0 Å². The molecule has 2 unspecified atom stereocenters. The monoisotopic (exact) mass is 495 g/mol. The minimum atomic E-state index is -1.25. The van der Waals surface area contributed by atoms with Crippen LogP contribution in [0.5, 0.6) is 5.75 Å². The van der Waals surface area contributed by atoms with Gasteiger partial charge in [0.15, 0.2) is 11.6 Å². The zero-order valence-electron chi connectivity index (χ0n) is 18.5. The third kappa shape index (κ3) is 7.00. The maximum Gasteiger partial charge on any atom is 0.315 e. The number of anilines is 1. The summed E-state index contributed by atoms with van der Waals surface area (Å²) >= 11 is 12.8. The van der Waals surface area contributed by atoms with E-state index in [1.165, 1.54) is 31.2 Å². The van der Waals surface area contributed by atoms with Crippen LogP contribution in [0.2, 0.25) is 0 Å². The second kappa shape index (κ2) is 11.6. The van der Waals surface area contributed by atoms with Crippen LogP contribution < -0.4 is 21.1 Å². The van der Waals surface area contributed by atoms with Gasteiger partial charge in [-0.15, -0.1) is 11.6 Å². The Balaban J connectivity index is 1.51. The number of alkyl halides is 1. The summed E-state index contributed by atoms with van der Waals surface area (Å²) in [5, 5.41) is 5.80. The van der Waals surface area contributed by atoms with Gasteiger partial charge in [-0.25, -0.2) is 14.2 Å². The van der Waals surface area contributed by atoms with Crippen molar-refractivity contribution in [2.75, 3.05) is 38.5 Å². The molecule has 1 aliphatic carbocycles. The van der Waals surface area contributed by atoms with E-state index in [2.05, 4.69) is 32.4 Å². The highest BCUT2D eigenvalue weighted by Gasteiger charge is 2.42. The number of halogens is 3. The second-order valence-electron chi connectivity index (χ2n) is 7.99. The van der Waals surface area contributed by atoms with Gasteiger partial charge in [0.2, 0.25) is 0 Å². The Kier molecular flexibility index (Phi) is 8.84. The number of nitrogens with zero attached hydrogens (tertiary/aromatic N) is 2. The normalized spacial score (nSPS) is 21.3. The predicted molar refractivity (Wildman–Crippen MR) is 129 cm³/mol. The molecule has 1 aromatic heterocycles. The van der Waals surface area contributed by atoms with Crippen molar-refractivity contribution >= 4 is 35.1 Å². The lowest BCUT2D eigenvalue weighted by molar-refractivity contribution is 0.182. The Morgan fingerprint density at radius 2 is 2.15 bits per heavy atom.